The largest absolute Gasteiger partial charge is 0.229 e. The second-order valence-electron chi connectivity index (χ2n) is 3.93. The Hall–Kier alpha value is 0.430. The van der Waals surface area contributed by atoms with Crippen LogP contribution in [0.1, 0.15) is 40.0 Å². The van der Waals surface area contributed by atoms with Gasteiger partial charge in [-0.05, 0) is 24.7 Å². The lowest BCUT2D eigenvalue weighted by atomic mass is 9.87. The van der Waals surface area contributed by atoms with Gasteiger partial charge in [0.2, 0.25) is 0 Å². The Balaban J connectivity index is 4.59. The summed E-state index contributed by atoms with van der Waals surface area (Å²) >= 11 is 3.43. The molecule has 0 heterocycles. The molecule has 0 unspecified atom stereocenters. The van der Waals surface area contributed by atoms with Crippen LogP contribution in [0.3, 0.4) is 0 Å². The molecular weight excluding hydrogens is 264 g/mol. The smallest absolute Gasteiger partial charge is 0.150 e. The monoisotopic (exact) mass is 284 g/mol. The van der Waals surface area contributed by atoms with E-state index in [1.54, 1.807) is 0 Å². The van der Waals surface area contributed by atoms with Gasteiger partial charge in [0.1, 0.15) is 0 Å². The van der Waals surface area contributed by atoms with Gasteiger partial charge in [0.05, 0.1) is 5.75 Å². The fourth-order valence-corrected chi connectivity index (χ4v) is 4.99. The van der Waals surface area contributed by atoms with Crippen molar-refractivity contribution in [1.82, 2.24) is 0 Å². The van der Waals surface area contributed by atoms with E-state index in [4.69, 9.17) is 0 Å². The number of sulfone groups is 1. The molecule has 14 heavy (non-hydrogen) atoms. The van der Waals surface area contributed by atoms with E-state index < -0.39 is 9.84 Å². The first-order valence-electron chi connectivity index (χ1n) is 5.21. The lowest BCUT2D eigenvalue weighted by molar-refractivity contribution is 0.351. The molecule has 0 aliphatic rings. The molecule has 4 heteroatoms. The van der Waals surface area contributed by atoms with E-state index in [1.165, 1.54) is 0 Å². The molecule has 0 aromatic carbocycles. The number of alkyl halides is 1. The molecule has 0 aliphatic heterocycles. The van der Waals surface area contributed by atoms with Gasteiger partial charge in [0.25, 0.3) is 0 Å². The maximum Gasteiger partial charge on any atom is 0.150 e. The Morgan fingerprint density at radius 1 is 1.14 bits per heavy atom. The van der Waals surface area contributed by atoms with Crippen LogP contribution in [0.25, 0.3) is 0 Å². The van der Waals surface area contributed by atoms with Gasteiger partial charge in [-0.15, -0.1) is 0 Å². The van der Waals surface area contributed by atoms with Crippen molar-refractivity contribution >= 4 is 25.8 Å². The molecule has 0 rings (SSSR count). The molecule has 0 bridgehead atoms. The Bertz CT molecular complexity index is 235. The Labute approximate surface area is 96.5 Å². The van der Waals surface area contributed by atoms with E-state index in [-0.39, 0.29) is 5.41 Å². The van der Waals surface area contributed by atoms with Gasteiger partial charge in [0.15, 0.2) is 9.84 Å². The highest BCUT2D eigenvalue weighted by Crippen LogP contribution is 2.30. The SMILES string of the molecule is CCCS(=O)(=O)CC(CC)(CC)CBr. The van der Waals surface area contributed by atoms with Crippen LogP contribution in [-0.4, -0.2) is 25.3 Å². The van der Waals surface area contributed by atoms with Crippen LogP contribution in [0.2, 0.25) is 0 Å². The zero-order valence-corrected chi connectivity index (χ0v) is 11.7. The van der Waals surface area contributed by atoms with Gasteiger partial charge in [-0.2, -0.15) is 0 Å². The van der Waals surface area contributed by atoms with Crippen molar-refractivity contribution in [3.63, 3.8) is 0 Å². The van der Waals surface area contributed by atoms with Crippen LogP contribution >= 0.6 is 15.9 Å². The minimum atomic E-state index is -2.86. The van der Waals surface area contributed by atoms with E-state index >= 15 is 0 Å². The highest BCUT2D eigenvalue weighted by molar-refractivity contribution is 9.09. The van der Waals surface area contributed by atoms with Crippen LogP contribution in [0, 0.1) is 5.41 Å². The van der Waals surface area contributed by atoms with Crippen molar-refractivity contribution in [2.24, 2.45) is 5.41 Å². The number of hydrogen-bond donors (Lipinski definition) is 0. The zero-order valence-electron chi connectivity index (χ0n) is 9.35. The molecule has 0 aromatic rings. The van der Waals surface area contributed by atoms with Crippen LogP contribution < -0.4 is 0 Å². The standard InChI is InChI=1S/C10H21BrO2S/c1-4-7-14(12,13)9-10(5-2,6-3)8-11/h4-9H2,1-3H3. The maximum atomic E-state index is 11.7. The first-order valence-corrected chi connectivity index (χ1v) is 8.16. The molecule has 0 spiro atoms. The zero-order chi connectivity index (χ0) is 11.2. The summed E-state index contributed by atoms with van der Waals surface area (Å²) in [7, 11) is -2.86. The third-order valence-electron chi connectivity index (χ3n) is 2.82. The van der Waals surface area contributed by atoms with Crippen molar-refractivity contribution in [1.29, 1.82) is 0 Å². The van der Waals surface area contributed by atoms with Crippen LogP contribution in [0.15, 0.2) is 0 Å². The lowest BCUT2D eigenvalue weighted by Crippen LogP contribution is -2.31. The quantitative estimate of drug-likeness (QED) is 0.674. The molecule has 0 aliphatic carbocycles. The van der Waals surface area contributed by atoms with Crippen LogP contribution in [-0.2, 0) is 9.84 Å². The van der Waals surface area contributed by atoms with Gasteiger partial charge >= 0.3 is 0 Å². The molecule has 0 atom stereocenters. The summed E-state index contributed by atoms with van der Waals surface area (Å²) in [6, 6.07) is 0. The summed E-state index contributed by atoms with van der Waals surface area (Å²) in [4.78, 5) is 0. The first-order chi connectivity index (χ1) is 6.45. The molecule has 0 amide bonds. The highest BCUT2D eigenvalue weighted by Gasteiger charge is 2.30. The van der Waals surface area contributed by atoms with Gasteiger partial charge in [-0.1, -0.05) is 36.7 Å². The molecule has 0 saturated carbocycles. The highest BCUT2D eigenvalue weighted by atomic mass is 79.9. The predicted octanol–water partition coefficient (Wildman–Crippen LogP) is 3.01. The normalized spacial score (nSPS) is 13.1. The number of halogens is 1. The molecule has 0 fully saturated rings. The van der Waals surface area contributed by atoms with Gasteiger partial charge in [-0.3, -0.25) is 0 Å². The third-order valence-corrected chi connectivity index (χ3v) is 6.10. The molecule has 0 N–H and O–H groups in total. The van der Waals surface area contributed by atoms with Gasteiger partial charge in [0, 0.05) is 11.1 Å². The fourth-order valence-electron chi connectivity index (χ4n) is 1.53. The fraction of sp³-hybridized carbons (Fsp3) is 1.00. The molecule has 86 valence electrons. The molecule has 0 saturated heterocycles. The Morgan fingerprint density at radius 2 is 1.64 bits per heavy atom. The Morgan fingerprint density at radius 3 is 1.93 bits per heavy atom. The predicted molar refractivity (Wildman–Crippen MR) is 65.8 cm³/mol. The maximum absolute atomic E-state index is 11.7. The first kappa shape index (κ1) is 14.4. The van der Waals surface area contributed by atoms with Crippen molar-refractivity contribution in [2.75, 3.05) is 16.8 Å². The van der Waals surface area contributed by atoms with E-state index in [1.807, 2.05) is 6.92 Å². The van der Waals surface area contributed by atoms with Gasteiger partial charge < -0.3 is 0 Å². The number of hydrogen-bond acceptors (Lipinski definition) is 2. The summed E-state index contributed by atoms with van der Waals surface area (Å²) in [6.45, 7) is 6.03. The second-order valence-corrected chi connectivity index (χ2v) is 6.68. The van der Waals surface area contributed by atoms with E-state index in [0.717, 1.165) is 18.2 Å². The summed E-state index contributed by atoms with van der Waals surface area (Å²) < 4.78 is 23.4. The van der Waals surface area contributed by atoms with E-state index in [9.17, 15) is 8.42 Å². The van der Waals surface area contributed by atoms with Crippen molar-refractivity contribution < 1.29 is 8.42 Å². The average molecular weight is 285 g/mol. The Kier molecular flexibility index (Phi) is 6.30. The van der Waals surface area contributed by atoms with Crippen molar-refractivity contribution in [2.45, 2.75) is 40.0 Å². The van der Waals surface area contributed by atoms with Crippen LogP contribution in [0.5, 0.6) is 0 Å². The molecule has 0 aromatic heterocycles. The van der Waals surface area contributed by atoms with Gasteiger partial charge in [-0.25, -0.2) is 8.42 Å². The summed E-state index contributed by atoms with van der Waals surface area (Å²) in [5.74, 6) is 0.647. The molecular formula is C10H21BrO2S. The molecule has 0 radical (unpaired) electrons. The average Bonchev–Trinajstić information content (AvgIpc) is 2.14. The van der Waals surface area contributed by atoms with E-state index in [2.05, 4.69) is 29.8 Å². The molecule has 2 nitrogen and oxygen atoms in total. The van der Waals surface area contributed by atoms with E-state index in [0.29, 0.717) is 17.9 Å². The second kappa shape index (κ2) is 6.11. The van der Waals surface area contributed by atoms with Crippen molar-refractivity contribution in [3.05, 3.63) is 0 Å². The summed E-state index contributed by atoms with van der Waals surface area (Å²) in [5, 5.41) is 0.774. The summed E-state index contributed by atoms with van der Waals surface area (Å²) in [5.41, 5.74) is -0.0615. The van der Waals surface area contributed by atoms with Crippen molar-refractivity contribution in [3.8, 4) is 0 Å². The third kappa shape index (κ3) is 4.30. The van der Waals surface area contributed by atoms with Crippen LogP contribution in [0.4, 0.5) is 0 Å². The minimum absolute atomic E-state index is 0.0615. The topological polar surface area (TPSA) is 34.1 Å². The lowest BCUT2D eigenvalue weighted by Gasteiger charge is -2.28. The summed E-state index contributed by atoms with van der Waals surface area (Å²) in [6.07, 6.45) is 2.55. The minimum Gasteiger partial charge on any atom is -0.229 e. The number of rotatable bonds is 7.